The summed E-state index contributed by atoms with van der Waals surface area (Å²) in [6.45, 7) is 7.68. The standard InChI is InChI=1S/C44H56Cl2N8O6/c1-21(2)31(48-41(57)59-5)39(55)53-27-17-24(27)19-29(53)37-47-33(35(45)51-37)23-7-9-26(10-8-23)43-11-14-44(15-12-43,16-13-43)34-36(46)52-38(50-34)30-20-25-18-28(25)54(30)40(56)32(22(3)4)49-42(58)60-6/h7-10,21-22,24-25,27-32H,11-20H2,1-6H3,(H,47,51)(H,48,57)(H,49,58)(H,50,52)/t24-,25-,27-,28-,29+,30+,31+,32+,43?,44?/m1/s1. The van der Waals surface area contributed by atoms with E-state index < -0.39 is 24.3 Å². The molecule has 8 atom stereocenters. The number of piperidine rings is 2. The fraction of sp³-hybridized carbons (Fsp3) is 0.636. The molecular formula is C44H56Cl2N8O6. The first kappa shape index (κ1) is 41.1. The predicted molar refractivity (Wildman–Crippen MR) is 224 cm³/mol. The molecule has 16 heteroatoms. The summed E-state index contributed by atoms with van der Waals surface area (Å²) in [6, 6.07) is 7.08. The van der Waals surface area contributed by atoms with Crippen molar-refractivity contribution in [1.82, 2.24) is 40.4 Å². The molecule has 4 heterocycles. The van der Waals surface area contributed by atoms with Gasteiger partial charge >= 0.3 is 12.2 Å². The van der Waals surface area contributed by atoms with Gasteiger partial charge in [0.15, 0.2) is 5.15 Å². The van der Waals surface area contributed by atoms with Gasteiger partial charge in [0.25, 0.3) is 0 Å². The molecule has 2 bridgehead atoms. The summed E-state index contributed by atoms with van der Waals surface area (Å²) in [4.78, 5) is 72.9. The van der Waals surface area contributed by atoms with Crippen LogP contribution < -0.4 is 10.6 Å². The van der Waals surface area contributed by atoms with Crippen molar-refractivity contribution in [3.8, 4) is 11.3 Å². The molecule has 3 aromatic rings. The number of carbonyl (C=O) groups is 4. The number of H-pyrrole nitrogens is 2. The molecule has 2 aromatic heterocycles. The highest BCUT2D eigenvalue weighted by Crippen LogP contribution is 2.60. The second kappa shape index (κ2) is 15.3. The molecular weight excluding hydrogens is 807 g/mol. The van der Waals surface area contributed by atoms with Crippen molar-refractivity contribution < 1.29 is 28.7 Å². The van der Waals surface area contributed by atoms with Gasteiger partial charge in [-0.05, 0) is 98.9 Å². The highest BCUT2D eigenvalue weighted by Gasteiger charge is 2.58. The van der Waals surface area contributed by atoms with Crippen molar-refractivity contribution in [1.29, 1.82) is 0 Å². The van der Waals surface area contributed by atoms with Gasteiger partial charge in [0, 0.05) is 23.1 Å². The Hall–Kier alpha value is -4.30. The molecule has 322 valence electrons. The van der Waals surface area contributed by atoms with Crippen LogP contribution in [-0.2, 0) is 29.9 Å². The van der Waals surface area contributed by atoms with E-state index in [-0.39, 0.29) is 58.6 Å². The number of benzene rings is 1. The fourth-order valence-corrected chi connectivity index (χ4v) is 11.9. The van der Waals surface area contributed by atoms with Gasteiger partial charge in [0.1, 0.15) is 34.6 Å². The molecule has 4 amide bonds. The van der Waals surface area contributed by atoms with E-state index in [1.165, 1.54) is 19.8 Å². The Kier molecular flexibility index (Phi) is 10.4. The molecule has 4 N–H and O–H groups in total. The van der Waals surface area contributed by atoms with E-state index in [0.29, 0.717) is 33.7 Å². The summed E-state index contributed by atoms with van der Waals surface area (Å²) in [5.74, 6) is 1.78. The van der Waals surface area contributed by atoms with Crippen LogP contribution in [0, 0.1) is 23.7 Å². The second-order valence-corrected chi connectivity index (χ2v) is 19.8. The summed E-state index contributed by atoms with van der Waals surface area (Å²) in [5.41, 5.74) is 3.83. The average Bonchev–Trinajstić information content (AvgIpc) is 3.95. The number of likely N-dealkylation sites (tertiary alicyclic amines) is 2. The minimum atomic E-state index is -0.706. The largest absolute Gasteiger partial charge is 0.453 e. The number of hydrogen-bond acceptors (Lipinski definition) is 8. The SMILES string of the molecule is COC(=O)N[C@H](C(=O)N1[C@@H]2C[C@@H]2C[C@H]1c1nc(-c2ccc(C34CCC(c5[nH]c([C@@H]6C[C@H]7C[C@H]7N6C(=O)[C@@H](NC(=O)OC)C(C)C)nc5Cl)(CC3)CC4)cc2)c(Cl)[nH]1)C(C)C. The maximum Gasteiger partial charge on any atom is 0.407 e. The lowest BCUT2D eigenvalue weighted by atomic mass is 9.51. The number of halogens is 2. The van der Waals surface area contributed by atoms with E-state index in [9.17, 15) is 19.2 Å². The van der Waals surface area contributed by atoms with Crippen LogP contribution in [0.25, 0.3) is 11.3 Å². The zero-order valence-electron chi connectivity index (χ0n) is 35.1. The van der Waals surface area contributed by atoms with Gasteiger partial charge in [-0.15, -0.1) is 0 Å². The summed E-state index contributed by atoms with van der Waals surface area (Å²) >= 11 is 13.8. The normalized spacial score (nSPS) is 30.8. The minimum absolute atomic E-state index is 0.0571. The van der Waals surface area contributed by atoms with Crippen LogP contribution in [-0.4, -0.2) is 92.1 Å². The second-order valence-electron chi connectivity index (χ2n) is 19.0. The lowest BCUT2D eigenvalue weighted by Gasteiger charge is -2.53. The highest BCUT2D eigenvalue weighted by atomic mass is 35.5. The van der Waals surface area contributed by atoms with Crippen molar-refractivity contribution in [2.75, 3.05) is 14.2 Å². The van der Waals surface area contributed by atoms with E-state index in [1.54, 1.807) is 0 Å². The Labute approximate surface area is 360 Å². The number of imidazole rings is 2. The van der Waals surface area contributed by atoms with Crippen LogP contribution in [0.5, 0.6) is 0 Å². The summed E-state index contributed by atoms with van der Waals surface area (Å²) in [5, 5.41) is 6.44. The molecule has 0 radical (unpaired) electrons. The number of rotatable bonds is 11. The first-order valence-electron chi connectivity index (χ1n) is 21.6. The first-order chi connectivity index (χ1) is 28.7. The summed E-state index contributed by atoms with van der Waals surface area (Å²) in [7, 11) is 2.60. The Morgan fingerprint density at radius 2 is 1.17 bits per heavy atom. The molecule has 2 saturated heterocycles. The third-order valence-corrected chi connectivity index (χ3v) is 15.6. The lowest BCUT2D eigenvalue weighted by molar-refractivity contribution is -0.137. The number of amides is 4. The zero-order chi connectivity index (χ0) is 42.4. The lowest BCUT2D eigenvalue weighted by Crippen LogP contribution is -2.52. The molecule has 10 rings (SSSR count). The average molecular weight is 864 g/mol. The number of aromatic nitrogens is 4. The zero-order valence-corrected chi connectivity index (χ0v) is 36.7. The van der Waals surface area contributed by atoms with Gasteiger partial charge in [-0.1, -0.05) is 75.2 Å². The highest BCUT2D eigenvalue weighted by molar-refractivity contribution is 6.32. The van der Waals surface area contributed by atoms with Gasteiger partial charge in [-0.3, -0.25) is 9.59 Å². The van der Waals surface area contributed by atoms with Crippen LogP contribution in [0.3, 0.4) is 0 Å². The molecule has 7 aliphatic rings. The van der Waals surface area contributed by atoms with E-state index in [1.807, 2.05) is 37.5 Å². The molecule has 1 aromatic carbocycles. The van der Waals surface area contributed by atoms with Gasteiger partial charge < -0.3 is 39.9 Å². The summed E-state index contributed by atoms with van der Waals surface area (Å²) < 4.78 is 9.65. The molecule has 5 aliphatic carbocycles. The van der Waals surface area contributed by atoms with E-state index in [0.717, 1.165) is 81.3 Å². The quantitative estimate of drug-likeness (QED) is 0.152. The van der Waals surface area contributed by atoms with Crippen molar-refractivity contribution >= 4 is 47.2 Å². The third kappa shape index (κ3) is 6.93. The fourth-order valence-electron chi connectivity index (χ4n) is 11.3. The van der Waals surface area contributed by atoms with Gasteiger partial charge in [0.2, 0.25) is 11.8 Å². The molecule has 0 unspecified atom stereocenters. The number of carbonyl (C=O) groups excluding carboxylic acids is 4. The maximum atomic E-state index is 14.0. The van der Waals surface area contributed by atoms with E-state index in [4.69, 9.17) is 42.6 Å². The van der Waals surface area contributed by atoms with E-state index in [2.05, 4.69) is 44.9 Å². The van der Waals surface area contributed by atoms with Crippen LogP contribution in [0.1, 0.15) is 127 Å². The van der Waals surface area contributed by atoms with Crippen LogP contribution in [0.15, 0.2) is 24.3 Å². The number of fused-ring (bicyclic) bond motifs is 5. The topological polar surface area (TPSA) is 175 Å². The Balaban J connectivity index is 0.883. The third-order valence-electron chi connectivity index (χ3n) is 15.0. The van der Waals surface area contributed by atoms with E-state index >= 15 is 0 Å². The molecule has 2 aliphatic heterocycles. The van der Waals surface area contributed by atoms with Crippen LogP contribution >= 0.6 is 23.2 Å². The number of nitrogens with zero attached hydrogens (tertiary/aromatic N) is 4. The minimum Gasteiger partial charge on any atom is -0.453 e. The number of hydrogen-bond donors (Lipinski definition) is 4. The Morgan fingerprint density at radius 3 is 1.63 bits per heavy atom. The van der Waals surface area contributed by atoms with Gasteiger partial charge in [-0.2, -0.15) is 0 Å². The molecule has 60 heavy (non-hydrogen) atoms. The smallest absolute Gasteiger partial charge is 0.407 e. The van der Waals surface area contributed by atoms with Crippen molar-refractivity contribution in [2.24, 2.45) is 23.7 Å². The number of nitrogens with one attached hydrogen (secondary N) is 4. The van der Waals surface area contributed by atoms with Crippen molar-refractivity contribution in [2.45, 2.75) is 139 Å². The maximum absolute atomic E-state index is 14.0. The molecule has 14 nitrogen and oxygen atoms in total. The predicted octanol–water partition coefficient (Wildman–Crippen LogP) is 7.74. The Morgan fingerprint density at radius 1 is 0.700 bits per heavy atom. The molecule has 5 saturated carbocycles. The van der Waals surface area contributed by atoms with Crippen LogP contribution in [0.2, 0.25) is 10.3 Å². The molecule has 0 spiro atoms. The first-order valence-corrected chi connectivity index (χ1v) is 22.4. The number of ether oxygens (including phenoxy) is 2. The summed E-state index contributed by atoms with van der Waals surface area (Å²) in [6.07, 6.45) is 8.31. The molecule has 7 fully saturated rings. The van der Waals surface area contributed by atoms with Gasteiger partial charge in [0.05, 0.1) is 32.0 Å². The number of aromatic amines is 2. The number of methoxy groups -OCH3 is 2. The van der Waals surface area contributed by atoms with Crippen molar-refractivity contribution in [3.05, 3.63) is 57.5 Å². The number of alkyl carbamates (subject to hydrolysis) is 2. The Bertz CT molecular complexity index is 2160. The van der Waals surface area contributed by atoms with Gasteiger partial charge in [-0.25, -0.2) is 19.6 Å². The van der Waals surface area contributed by atoms with Crippen molar-refractivity contribution in [3.63, 3.8) is 0 Å². The monoisotopic (exact) mass is 862 g/mol. The van der Waals surface area contributed by atoms with Crippen LogP contribution in [0.4, 0.5) is 9.59 Å².